The minimum absolute atomic E-state index is 0.0849. The predicted octanol–water partition coefficient (Wildman–Crippen LogP) is 4.02. The van der Waals surface area contributed by atoms with Crippen molar-refractivity contribution in [3.63, 3.8) is 0 Å². The molecule has 0 saturated carbocycles. The Labute approximate surface area is 179 Å². The number of nitrogens with zero attached hydrogens (tertiary/aromatic N) is 5. The summed E-state index contributed by atoms with van der Waals surface area (Å²) in [6.07, 6.45) is -1.42. The lowest BCUT2D eigenvalue weighted by Gasteiger charge is -2.16. The zero-order chi connectivity index (χ0) is 22.9. The molecule has 8 nitrogen and oxygen atoms in total. The number of anilines is 2. The molecule has 0 aliphatic carbocycles. The molecule has 0 unspecified atom stereocenters. The quantitative estimate of drug-likeness (QED) is 0.430. The van der Waals surface area contributed by atoms with Crippen molar-refractivity contribution in [2.24, 2.45) is 0 Å². The first-order chi connectivity index (χ1) is 15.2. The van der Waals surface area contributed by atoms with Gasteiger partial charge in [-0.15, -0.1) is 5.10 Å². The normalized spacial score (nSPS) is 12.7. The zero-order valence-electron chi connectivity index (χ0n) is 16.6. The number of nitrogen functional groups attached to an aromatic ring is 1. The van der Waals surface area contributed by atoms with Gasteiger partial charge in [-0.1, -0.05) is 12.1 Å². The highest BCUT2D eigenvalue weighted by Gasteiger charge is 2.29. The third-order valence-corrected chi connectivity index (χ3v) is 4.48. The van der Waals surface area contributed by atoms with Crippen molar-refractivity contribution in [1.82, 2.24) is 24.6 Å². The molecule has 3 heterocycles. The molecule has 4 rings (SSSR count). The molecule has 0 aliphatic rings. The summed E-state index contributed by atoms with van der Waals surface area (Å²) in [5, 5.41) is 7.21. The van der Waals surface area contributed by atoms with Crippen LogP contribution in [0.1, 0.15) is 18.5 Å². The molecule has 12 heteroatoms. The van der Waals surface area contributed by atoms with E-state index in [2.05, 4.69) is 25.4 Å². The Kier molecular flexibility index (Phi) is 5.51. The average Bonchev–Trinajstić information content (AvgIpc) is 3.07. The Bertz CT molecular complexity index is 1240. The highest BCUT2D eigenvalue weighted by Crippen LogP contribution is 2.31. The summed E-state index contributed by atoms with van der Waals surface area (Å²) in [6, 6.07) is 8.09. The van der Waals surface area contributed by atoms with Crippen molar-refractivity contribution >= 4 is 17.3 Å². The first kappa shape index (κ1) is 21.3. The molecule has 0 fully saturated rings. The lowest BCUT2D eigenvalue weighted by atomic mass is 10.1. The van der Waals surface area contributed by atoms with E-state index in [-0.39, 0.29) is 29.2 Å². The topological polar surface area (TPSA) is 103 Å². The molecule has 0 spiro atoms. The van der Waals surface area contributed by atoms with Gasteiger partial charge < -0.3 is 15.8 Å². The fourth-order valence-electron chi connectivity index (χ4n) is 3.04. The molecule has 3 N–H and O–H groups in total. The van der Waals surface area contributed by atoms with Crippen molar-refractivity contribution < 1.29 is 22.3 Å². The monoisotopic (exact) mass is 447 g/mol. The van der Waals surface area contributed by atoms with E-state index in [1.54, 1.807) is 31.3 Å². The van der Waals surface area contributed by atoms with Crippen LogP contribution in [0.4, 0.5) is 29.2 Å². The number of nitrogens with two attached hydrogens (primary N) is 1. The largest absolute Gasteiger partial charge is 0.454 e. The van der Waals surface area contributed by atoms with Gasteiger partial charge in [-0.2, -0.15) is 23.1 Å². The Balaban J connectivity index is 1.74. The third-order valence-electron chi connectivity index (χ3n) is 4.48. The maximum atomic E-state index is 13.2. The fraction of sp³-hybridized carbons (Fsp3) is 0.200. The summed E-state index contributed by atoms with van der Waals surface area (Å²) >= 11 is 0. The van der Waals surface area contributed by atoms with Crippen LogP contribution in [0.15, 0.2) is 48.8 Å². The molecule has 0 radical (unpaired) electrons. The lowest BCUT2D eigenvalue weighted by Crippen LogP contribution is -2.20. The molecule has 1 atom stereocenters. The number of ether oxygens (including phenoxy) is 1. The van der Waals surface area contributed by atoms with Crippen LogP contribution in [-0.4, -0.2) is 37.3 Å². The number of hydrogen-bond donors (Lipinski definition) is 2. The Morgan fingerprint density at radius 1 is 1.19 bits per heavy atom. The molecule has 1 aromatic carbocycles. The summed E-state index contributed by atoms with van der Waals surface area (Å²) in [6.45, 7) is 0.225. The van der Waals surface area contributed by atoms with E-state index >= 15 is 0 Å². The molecule has 0 aliphatic heterocycles. The van der Waals surface area contributed by atoms with Crippen molar-refractivity contribution in [3.05, 3.63) is 60.2 Å². The number of fused-ring (bicyclic) bond motifs is 1. The first-order valence-corrected chi connectivity index (χ1v) is 9.39. The molecular formula is C20H17F4N7O. The number of aromatic nitrogens is 5. The zero-order valence-corrected chi connectivity index (χ0v) is 16.6. The molecule has 166 valence electrons. The van der Waals surface area contributed by atoms with E-state index in [1.165, 1.54) is 28.9 Å². The summed E-state index contributed by atoms with van der Waals surface area (Å²) < 4.78 is 57.5. The van der Waals surface area contributed by atoms with Crippen LogP contribution >= 0.6 is 0 Å². The number of nitrogens with one attached hydrogen (secondary N) is 1. The minimum Gasteiger partial charge on any atom is -0.454 e. The smallest absolute Gasteiger partial charge is 0.422 e. The van der Waals surface area contributed by atoms with Gasteiger partial charge in [-0.05, 0) is 30.7 Å². The predicted molar refractivity (Wildman–Crippen MR) is 108 cm³/mol. The summed E-state index contributed by atoms with van der Waals surface area (Å²) in [5.41, 5.74) is 7.63. The number of rotatable bonds is 6. The van der Waals surface area contributed by atoms with Crippen LogP contribution in [0.5, 0.6) is 6.01 Å². The second kappa shape index (κ2) is 8.29. The van der Waals surface area contributed by atoms with Crippen LogP contribution < -0.4 is 15.8 Å². The average molecular weight is 447 g/mol. The van der Waals surface area contributed by atoms with E-state index < -0.39 is 18.8 Å². The van der Waals surface area contributed by atoms with Gasteiger partial charge in [-0.3, -0.25) is 0 Å². The molecule has 0 bridgehead atoms. The number of alkyl halides is 3. The maximum absolute atomic E-state index is 13.2. The molecule has 32 heavy (non-hydrogen) atoms. The standard InChI is InChI=1S/C20H17F4N7O/c1-11(12-3-5-13(21)6-4-12)27-15-9-14(28-19(29-15)32-10-20(22,23)24)16-17(25)30-31-8-2-7-26-18(16)31/h2-9,11H,10H2,1H3,(H2,25,30)(H,27,28,29)/t11-/m0/s1. The van der Waals surface area contributed by atoms with Gasteiger partial charge in [0.15, 0.2) is 18.1 Å². The fourth-order valence-corrected chi connectivity index (χ4v) is 3.04. The van der Waals surface area contributed by atoms with Gasteiger partial charge in [0.1, 0.15) is 11.6 Å². The van der Waals surface area contributed by atoms with E-state index in [9.17, 15) is 17.6 Å². The Hall–Kier alpha value is -3.96. The Morgan fingerprint density at radius 2 is 1.94 bits per heavy atom. The van der Waals surface area contributed by atoms with Gasteiger partial charge in [0.25, 0.3) is 0 Å². The van der Waals surface area contributed by atoms with Gasteiger partial charge >= 0.3 is 12.2 Å². The van der Waals surface area contributed by atoms with Crippen molar-refractivity contribution in [1.29, 1.82) is 0 Å². The second-order valence-electron chi connectivity index (χ2n) is 6.89. The lowest BCUT2D eigenvalue weighted by molar-refractivity contribution is -0.154. The minimum atomic E-state index is -4.57. The third kappa shape index (κ3) is 4.68. The van der Waals surface area contributed by atoms with Crippen LogP contribution in [-0.2, 0) is 0 Å². The van der Waals surface area contributed by atoms with Crippen LogP contribution in [0.25, 0.3) is 16.9 Å². The molecule has 3 aromatic heterocycles. The van der Waals surface area contributed by atoms with Crippen LogP contribution in [0, 0.1) is 5.82 Å². The van der Waals surface area contributed by atoms with Crippen molar-refractivity contribution in [3.8, 4) is 17.3 Å². The molecule has 0 saturated heterocycles. The summed E-state index contributed by atoms with van der Waals surface area (Å²) in [7, 11) is 0. The van der Waals surface area contributed by atoms with E-state index in [1.807, 2.05) is 0 Å². The van der Waals surface area contributed by atoms with Gasteiger partial charge in [0, 0.05) is 24.5 Å². The van der Waals surface area contributed by atoms with Crippen LogP contribution in [0.2, 0.25) is 0 Å². The van der Waals surface area contributed by atoms with Crippen LogP contribution in [0.3, 0.4) is 0 Å². The summed E-state index contributed by atoms with van der Waals surface area (Å²) in [4.78, 5) is 12.3. The van der Waals surface area contributed by atoms with Gasteiger partial charge in [-0.25, -0.2) is 13.9 Å². The molecule has 4 aromatic rings. The number of benzene rings is 1. The highest BCUT2D eigenvalue weighted by molar-refractivity contribution is 5.85. The maximum Gasteiger partial charge on any atom is 0.422 e. The van der Waals surface area contributed by atoms with Gasteiger partial charge in [0.05, 0.1) is 11.3 Å². The highest BCUT2D eigenvalue weighted by atomic mass is 19.4. The van der Waals surface area contributed by atoms with E-state index in [4.69, 9.17) is 10.5 Å². The Morgan fingerprint density at radius 3 is 2.66 bits per heavy atom. The van der Waals surface area contributed by atoms with E-state index in [0.29, 0.717) is 11.2 Å². The van der Waals surface area contributed by atoms with Crippen molar-refractivity contribution in [2.75, 3.05) is 17.7 Å². The van der Waals surface area contributed by atoms with E-state index in [0.717, 1.165) is 5.56 Å². The molecular weight excluding hydrogens is 430 g/mol. The summed E-state index contributed by atoms with van der Waals surface area (Å²) in [5.74, 6) is -0.121. The number of halogens is 4. The second-order valence-corrected chi connectivity index (χ2v) is 6.89. The van der Waals surface area contributed by atoms with Gasteiger partial charge in [0.2, 0.25) is 0 Å². The molecule has 0 amide bonds. The SMILES string of the molecule is C[C@H](Nc1cc(-c2c(N)nn3cccnc23)nc(OCC(F)(F)F)n1)c1ccc(F)cc1. The number of hydrogen-bond acceptors (Lipinski definition) is 7. The first-order valence-electron chi connectivity index (χ1n) is 9.39. The van der Waals surface area contributed by atoms with Crippen molar-refractivity contribution in [2.45, 2.75) is 19.1 Å².